The number of nitrogens with zero attached hydrogens (tertiary/aromatic N) is 1. The van der Waals surface area contributed by atoms with Gasteiger partial charge in [-0.2, -0.15) is 0 Å². The first-order chi connectivity index (χ1) is 6.97. The lowest BCUT2D eigenvalue weighted by atomic mass is 10.2. The molecule has 0 bridgehead atoms. The first-order valence-corrected chi connectivity index (χ1v) is 5.85. The molecule has 0 saturated carbocycles. The SMILES string of the molecule is Oc1ccc[n+](CCCCC(Cl)(Cl)Cl)c1.[Cl-]. The minimum Gasteiger partial charge on any atom is -1.00 e. The number of halogens is 4. The van der Waals surface area contributed by atoms with Gasteiger partial charge in [0, 0.05) is 12.5 Å². The molecule has 0 aliphatic carbocycles. The number of aromatic nitrogens is 1. The van der Waals surface area contributed by atoms with E-state index in [0.717, 1.165) is 19.4 Å². The number of rotatable bonds is 4. The molecule has 0 radical (unpaired) electrons. The third-order valence-corrected chi connectivity index (χ3v) is 2.54. The molecular weight excluding hydrogens is 292 g/mol. The van der Waals surface area contributed by atoms with E-state index in [1.807, 2.05) is 10.8 Å². The van der Waals surface area contributed by atoms with Crippen LogP contribution in [0, 0.1) is 0 Å². The van der Waals surface area contributed by atoms with Crippen molar-refractivity contribution < 1.29 is 22.1 Å². The molecule has 2 nitrogen and oxygen atoms in total. The first-order valence-electron chi connectivity index (χ1n) is 4.72. The van der Waals surface area contributed by atoms with Crippen molar-refractivity contribution in [1.29, 1.82) is 0 Å². The van der Waals surface area contributed by atoms with Gasteiger partial charge in [0.15, 0.2) is 15.7 Å². The van der Waals surface area contributed by atoms with Gasteiger partial charge in [-0.1, -0.05) is 34.8 Å². The Bertz CT molecular complexity index is 314. The molecule has 0 aromatic carbocycles. The summed E-state index contributed by atoms with van der Waals surface area (Å²) in [5, 5.41) is 9.21. The second-order valence-electron chi connectivity index (χ2n) is 3.37. The first kappa shape index (κ1) is 16.1. The number of pyridine rings is 1. The van der Waals surface area contributed by atoms with E-state index < -0.39 is 3.79 Å². The average Bonchev–Trinajstić information content (AvgIpc) is 2.11. The minimum absolute atomic E-state index is 0. The summed E-state index contributed by atoms with van der Waals surface area (Å²) in [6.07, 6.45) is 5.89. The van der Waals surface area contributed by atoms with Gasteiger partial charge in [-0.25, -0.2) is 4.57 Å². The van der Waals surface area contributed by atoms with Crippen molar-refractivity contribution >= 4 is 34.8 Å². The number of alkyl halides is 3. The fourth-order valence-electron chi connectivity index (χ4n) is 1.27. The van der Waals surface area contributed by atoms with Crippen LogP contribution in [0.4, 0.5) is 0 Å². The Morgan fingerprint density at radius 1 is 1.25 bits per heavy atom. The second kappa shape index (κ2) is 7.44. The van der Waals surface area contributed by atoms with Crippen LogP contribution < -0.4 is 17.0 Å². The van der Waals surface area contributed by atoms with Crippen LogP contribution in [0.5, 0.6) is 5.75 Å². The van der Waals surface area contributed by atoms with Gasteiger partial charge in [-0.15, -0.1) is 0 Å². The van der Waals surface area contributed by atoms with Crippen molar-refractivity contribution in [2.24, 2.45) is 0 Å². The van der Waals surface area contributed by atoms with Gasteiger partial charge in [-0.3, -0.25) is 0 Å². The van der Waals surface area contributed by atoms with E-state index >= 15 is 0 Å². The van der Waals surface area contributed by atoms with E-state index in [2.05, 4.69) is 0 Å². The fourth-order valence-corrected chi connectivity index (χ4v) is 1.67. The molecule has 1 rings (SSSR count). The maximum absolute atomic E-state index is 9.21. The Balaban J connectivity index is 0.00000225. The van der Waals surface area contributed by atoms with E-state index in [0.29, 0.717) is 6.42 Å². The zero-order chi connectivity index (χ0) is 11.3. The molecular formula is C10H13Cl4NO. The van der Waals surface area contributed by atoms with Crippen LogP contribution >= 0.6 is 34.8 Å². The maximum atomic E-state index is 9.21. The molecule has 1 N–H and O–H groups in total. The molecule has 1 aromatic rings. The number of unbranched alkanes of at least 4 members (excludes halogenated alkanes) is 1. The molecule has 0 spiro atoms. The highest BCUT2D eigenvalue weighted by molar-refractivity contribution is 6.67. The summed E-state index contributed by atoms with van der Waals surface area (Å²) in [6, 6.07) is 3.43. The highest BCUT2D eigenvalue weighted by Crippen LogP contribution is 2.31. The van der Waals surface area contributed by atoms with Crippen molar-refractivity contribution in [2.75, 3.05) is 0 Å². The Labute approximate surface area is 117 Å². The number of aryl methyl sites for hydroxylation is 1. The molecule has 0 fully saturated rings. The average molecular weight is 305 g/mol. The molecule has 0 aliphatic heterocycles. The van der Waals surface area contributed by atoms with Crippen LogP contribution in [-0.4, -0.2) is 8.90 Å². The Hall–Kier alpha value is 0.110. The van der Waals surface area contributed by atoms with Gasteiger partial charge in [0.1, 0.15) is 6.54 Å². The van der Waals surface area contributed by atoms with E-state index in [1.54, 1.807) is 18.3 Å². The molecule has 0 saturated heterocycles. The maximum Gasteiger partial charge on any atom is 0.210 e. The molecule has 6 heteroatoms. The van der Waals surface area contributed by atoms with Crippen LogP contribution in [0.1, 0.15) is 19.3 Å². The van der Waals surface area contributed by atoms with Gasteiger partial charge in [0.05, 0.1) is 0 Å². The molecule has 1 heterocycles. The zero-order valence-corrected chi connectivity index (χ0v) is 11.6. The van der Waals surface area contributed by atoms with E-state index in [1.165, 1.54) is 0 Å². The number of hydrogen-bond acceptors (Lipinski definition) is 1. The standard InChI is InChI=1S/C10H12Cl3NO.ClH/c11-10(12,13)5-1-2-6-14-7-3-4-9(15)8-14;/h3-4,7-8H,1-2,5-6H2;1H. The summed E-state index contributed by atoms with van der Waals surface area (Å²) in [5.74, 6) is 0.263. The fraction of sp³-hybridized carbons (Fsp3) is 0.500. The Morgan fingerprint density at radius 3 is 2.50 bits per heavy atom. The summed E-state index contributed by atoms with van der Waals surface area (Å²) in [5.41, 5.74) is 0. The summed E-state index contributed by atoms with van der Waals surface area (Å²) in [6.45, 7) is 0.815. The molecule has 16 heavy (non-hydrogen) atoms. The Morgan fingerprint density at radius 2 is 1.94 bits per heavy atom. The predicted molar refractivity (Wildman–Crippen MR) is 62.4 cm³/mol. The van der Waals surface area contributed by atoms with E-state index in [9.17, 15) is 5.11 Å². The van der Waals surface area contributed by atoms with Gasteiger partial charge in [-0.05, 0) is 18.9 Å². The van der Waals surface area contributed by atoms with Gasteiger partial charge < -0.3 is 17.5 Å². The molecule has 0 aliphatic rings. The van der Waals surface area contributed by atoms with Gasteiger partial charge in [0.25, 0.3) is 0 Å². The topological polar surface area (TPSA) is 24.1 Å². The van der Waals surface area contributed by atoms with Crippen LogP contribution in [0.15, 0.2) is 24.5 Å². The second-order valence-corrected chi connectivity index (χ2v) is 5.89. The number of hydrogen-bond donors (Lipinski definition) is 1. The van der Waals surface area contributed by atoms with Crippen molar-refractivity contribution in [3.8, 4) is 5.75 Å². The van der Waals surface area contributed by atoms with Crippen molar-refractivity contribution in [3.63, 3.8) is 0 Å². The van der Waals surface area contributed by atoms with E-state index in [-0.39, 0.29) is 18.2 Å². The molecule has 0 unspecified atom stereocenters. The summed E-state index contributed by atoms with van der Waals surface area (Å²) in [4.78, 5) is 0. The third kappa shape index (κ3) is 7.39. The highest BCUT2D eigenvalue weighted by Gasteiger charge is 2.18. The predicted octanol–water partition coefficient (Wildman–Crippen LogP) is 0.224. The van der Waals surface area contributed by atoms with Crippen molar-refractivity contribution in [3.05, 3.63) is 24.5 Å². The van der Waals surface area contributed by atoms with Crippen LogP contribution in [-0.2, 0) is 6.54 Å². The van der Waals surface area contributed by atoms with Crippen molar-refractivity contribution in [2.45, 2.75) is 29.6 Å². The minimum atomic E-state index is -1.15. The summed E-state index contributed by atoms with van der Waals surface area (Å²) in [7, 11) is 0. The monoisotopic (exact) mass is 303 g/mol. The normalized spacial score (nSPS) is 10.9. The zero-order valence-electron chi connectivity index (χ0n) is 8.54. The van der Waals surface area contributed by atoms with Crippen LogP contribution in [0.3, 0.4) is 0 Å². The lowest BCUT2D eigenvalue weighted by Crippen LogP contribution is -3.00. The molecule has 0 atom stereocenters. The highest BCUT2D eigenvalue weighted by atomic mass is 35.6. The van der Waals surface area contributed by atoms with Crippen molar-refractivity contribution in [1.82, 2.24) is 0 Å². The summed E-state index contributed by atoms with van der Waals surface area (Å²) < 4.78 is 0.761. The molecule has 0 amide bonds. The molecule has 92 valence electrons. The molecule has 1 aromatic heterocycles. The number of aromatic hydroxyl groups is 1. The van der Waals surface area contributed by atoms with Gasteiger partial charge >= 0.3 is 0 Å². The van der Waals surface area contributed by atoms with Crippen LogP contribution in [0.2, 0.25) is 0 Å². The smallest absolute Gasteiger partial charge is 0.210 e. The van der Waals surface area contributed by atoms with E-state index in [4.69, 9.17) is 34.8 Å². The largest absolute Gasteiger partial charge is 1.00 e. The third-order valence-electron chi connectivity index (χ3n) is 1.97. The van der Waals surface area contributed by atoms with Crippen LogP contribution in [0.25, 0.3) is 0 Å². The summed E-state index contributed by atoms with van der Waals surface area (Å²) >= 11 is 16.9. The lowest BCUT2D eigenvalue weighted by molar-refractivity contribution is -0.697. The quantitative estimate of drug-likeness (QED) is 0.480. The lowest BCUT2D eigenvalue weighted by Gasteiger charge is -2.08. The van der Waals surface area contributed by atoms with Gasteiger partial charge in [0.2, 0.25) is 6.20 Å². The Kier molecular flexibility index (Phi) is 7.49.